The molecular formula is C26H29NO6S. The number of ether oxygens (including phenoxy) is 4. The van der Waals surface area contributed by atoms with E-state index in [1.165, 1.54) is 11.3 Å². The summed E-state index contributed by atoms with van der Waals surface area (Å²) < 4.78 is 21.4. The van der Waals surface area contributed by atoms with Gasteiger partial charge in [0.2, 0.25) is 5.91 Å². The third kappa shape index (κ3) is 6.08. The number of thiophene rings is 1. The van der Waals surface area contributed by atoms with Gasteiger partial charge >= 0.3 is 5.97 Å². The van der Waals surface area contributed by atoms with E-state index in [0.29, 0.717) is 40.7 Å². The summed E-state index contributed by atoms with van der Waals surface area (Å²) in [6.07, 6.45) is 0.759. The number of hydrogen-bond acceptors (Lipinski definition) is 7. The highest BCUT2D eigenvalue weighted by molar-refractivity contribution is 7.15. The van der Waals surface area contributed by atoms with E-state index in [4.69, 9.17) is 18.9 Å². The number of carbonyl (C=O) groups excluding carboxylic acids is 2. The number of hydrogen-bond donors (Lipinski definition) is 1. The van der Waals surface area contributed by atoms with Gasteiger partial charge in [-0.1, -0.05) is 18.2 Å². The second-order valence-electron chi connectivity index (χ2n) is 7.27. The van der Waals surface area contributed by atoms with Crippen LogP contribution in [0.1, 0.15) is 36.2 Å². The van der Waals surface area contributed by atoms with Crippen LogP contribution in [0.5, 0.6) is 17.2 Å². The Balaban J connectivity index is 1.75. The molecule has 0 saturated carbocycles. The number of esters is 1. The number of carbonyl (C=O) groups is 2. The molecular weight excluding hydrogens is 454 g/mol. The van der Waals surface area contributed by atoms with Gasteiger partial charge in [-0.2, -0.15) is 0 Å². The van der Waals surface area contributed by atoms with Crippen molar-refractivity contribution in [2.24, 2.45) is 0 Å². The van der Waals surface area contributed by atoms with E-state index < -0.39 is 5.97 Å². The number of benzene rings is 2. The molecule has 0 spiro atoms. The molecule has 1 aromatic heterocycles. The van der Waals surface area contributed by atoms with Crippen LogP contribution < -0.4 is 19.5 Å². The molecule has 0 unspecified atom stereocenters. The zero-order valence-corrected chi connectivity index (χ0v) is 20.6. The Kier molecular flexibility index (Phi) is 8.93. The maximum atomic E-state index is 12.7. The van der Waals surface area contributed by atoms with Crippen LogP contribution in [-0.4, -0.2) is 39.3 Å². The minimum atomic E-state index is -0.471. The molecule has 2 aromatic carbocycles. The van der Waals surface area contributed by atoms with Gasteiger partial charge in [0.25, 0.3) is 0 Å². The lowest BCUT2D eigenvalue weighted by atomic mass is 10.0. The van der Waals surface area contributed by atoms with Crippen LogP contribution in [-0.2, 0) is 16.0 Å². The van der Waals surface area contributed by atoms with Crippen molar-refractivity contribution < 1.29 is 28.5 Å². The van der Waals surface area contributed by atoms with Gasteiger partial charge in [0.15, 0.2) is 11.5 Å². The fourth-order valence-electron chi connectivity index (χ4n) is 3.43. The lowest BCUT2D eigenvalue weighted by molar-refractivity contribution is -0.116. The van der Waals surface area contributed by atoms with E-state index >= 15 is 0 Å². The maximum Gasteiger partial charge on any atom is 0.341 e. The van der Waals surface area contributed by atoms with Crippen LogP contribution in [0.2, 0.25) is 0 Å². The predicted molar refractivity (Wildman–Crippen MR) is 133 cm³/mol. The zero-order valence-electron chi connectivity index (χ0n) is 19.8. The third-order valence-corrected chi connectivity index (χ3v) is 5.99. The Morgan fingerprint density at radius 3 is 2.35 bits per heavy atom. The summed E-state index contributed by atoms with van der Waals surface area (Å²) in [5, 5.41) is 5.21. The monoisotopic (exact) mass is 483 g/mol. The highest BCUT2D eigenvalue weighted by Gasteiger charge is 2.23. The minimum absolute atomic E-state index is 0.193. The lowest BCUT2D eigenvalue weighted by Crippen LogP contribution is -2.15. The van der Waals surface area contributed by atoms with Gasteiger partial charge in [-0.15, -0.1) is 11.3 Å². The van der Waals surface area contributed by atoms with Crippen LogP contribution in [0.15, 0.2) is 47.8 Å². The largest absolute Gasteiger partial charge is 0.497 e. The molecule has 0 saturated heterocycles. The van der Waals surface area contributed by atoms with Gasteiger partial charge in [0.1, 0.15) is 16.3 Å². The molecule has 3 aromatic rings. The van der Waals surface area contributed by atoms with Gasteiger partial charge in [-0.25, -0.2) is 4.79 Å². The SMILES string of the molecule is CCOC(=O)c1c(-c2ccc(OC)cc2)csc1NC(=O)CCc1ccc(OCC)c(OC)c1. The average molecular weight is 484 g/mol. The Hall–Kier alpha value is -3.52. The first-order chi connectivity index (χ1) is 16.5. The molecule has 0 fully saturated rings. The number of amides is 1. The van der Waals surface area contributed by atoms with Crippen LogP contribution in [0.25, 0.3) is 11.1 Å². The standard InChI is InChI=1S/C26H29NO6S/c1-5-32-21-13-7-17(15-22(21)31-4)8-14-23(28)27-25-24(26(29)33-6-2)20(16-34-25)18-9-11-19(30-3)12-10-18/h7,9-13,15-16H,5-6,8,14H2,1-4H3,(H,27,28). The second-order valence-corrected chi connectivity index (χ2v) is 8.15. The highest BCUT2D eigenvalue weighted by atomic mass is 32.1. The van der Waals surface area contributed by atoms with Crippen LogP contribution in [0.4, 0.5) is 5.00 Å². The first-order valence-corrected chi connectivity index (χ1v) is 11.9. The highest BCUT2D eigenvalue weighted by Crippen LogP contribution is 2.37. The molecule has 180 valence electrons. The molecule has 0 aliphatic heterocycles. The van der Waals surface area contributed by atoms with Gasteiger partial charge in [0.05, 0.1) is 27.4 Å². The van der Waals surface area contributed by atoms with Gasteiger partial charge in [-0.3, -0.25) is 4.79 Å². The Morgan fingerprint density at radius 2 is 1.71 bits per heavy atom. The summed E-state index contributed by atoms with van der Waals surface area (Å²) in [5.74, 6) is 1.35. The molecule has 34 heavy (non-hydrogen) atoms. The Labute approximate surface area is 203 Å². The van der Waals surface area contributed by atoms with Gasteiger partial charge < -0.3 is 24.3 Å². The predicted octanol–water partition coefficient (Wildman–Crippen LogP) is 5.58. The minimum Gasteiger partial charge on any atom is -0.497 e. The van der Waals surface area contributed by atoms with E-state index in [2.05, 4.69) is 5.32 Å². The Bertz CT molecular complexity index is 1120. The summed E-state index contributed by atoms with van der Waals surface area (Å²) in [6.45, 7) is 4.44. The number of methoxy groups -OCH3 is 2. The van der Waals surface area contributed by atoms with Gasteiger partial charge in [0, 0.05) is 17.4 Å². The van der Waals surface area contributed by atoms with Crippen molar-refractivity contribution in [1.29, 1.82) is 0 Å². The van der Waals surface area contributed by atoms with E-state index in [1.807, 2.05) is 54.8 Å². The first-order valence-electron chi connectivity index (χ1n) is 11.0. The van der Waals surface area contributed by atoms with Crippen molar-refractivity contribution in [3.05, 3.63) is 59.0 Å². The van der Waals surface area contributed by atoms with E-state index in [-0.39, 0.29) is 18.9 Å². The molecule has 0 aliphatic carbocycles. The van der Waals surface area contributed by atoms with Crippen LogP contribution in [0.3, 0.4) is 0 Å². The molecule has 1 heterocycles. The molecule has 3 rings (SSSR count). The number of anilines is 1. The van der Waals surface area contributed by atoms with E-state index in [9.17, 15) is 9.59 Å². The quantitative estimate of drug-likeness (QED) is 0.359. The lowest BCUT2D eigenvalue weighted by Gasteiger charge is -2.11. The molecule has 0 aliphatic rings. The summed E-state index contributed by atoms with van der Waals surface area (Å²) in [6, 6.07) is 13.0. The summed E-state index contributed by atoms with van der Waals surface area (Å²) in [4.78, 5) is 25.5. The summed E-state index contributed by atoms with van der Waals surface area (Å²) >= 11 is 1.30. The van der Waals surface area contributed by atoms with Crippen molar-refractivity contribution in [3.63, 3.8) is 0 Å². The fourth-order valence-corrected chi connectivity index (χ4v) is 4.40. The fraction of sp³-hybridized carbons (Fsp3) is 0.308. The molecule has 1 amide bonds. The van der Waals surface area contributed by atoms with E-state index in [0.717, 1.165) is 16.9 Å². The average Bonchev–Trinajstić information content (AvgIpc) is 3.27. The van der Waals surface area contributed by atoms with Crippen molar-refractivity contribution in [2.75, 3.05) is 32.8 Å². The smallest absolute Gasteiger partial charge is 0.341 e. The number of rotatable bonds is 11. The van der Waals surface area contributed by atoms with Crippen molar-refractivity contribution >= 4 is 28.2 Å². The summed E-state index contributed by atoms with van der Waals surface area (Å²) in [7, 11) is 3.18. The maximum absolute atomic E-state index is 12.7. The van der Waals surface area contributed by atoms with Gasteiger partial charge in [-0.05, 0) is 55.7 Å². The van der Waals surface area contributed by atoms with Crippen LogP contribution in [0, 0.1) is 0 Å². The van der Waals surface area contributed by atoms with Crippen LogP contribution >= 0.6 is 11.3 Å². The normalized spacial score (nSPS) is 10.5. The van der Waals surface area contributed by atoms with Crippen molar-refractivity contribution in [3.8, 4) is 28.4 Å². The first kappa shape index (κ1) is 25.1. The molecule has 0 atom stereocenters. The molecule has 0 radical (unpaired) electrons. The van der Waals surface area contributed by atoms with E-state index in [1.54, 1.807) is 21.1 Å². The molecule has 7 nitrogen and oxygen atoms in total. The zero-order chi connectivity index (χ0) is 24.5. The topological polar surface area (TPSA) is 83.1 Å². The number of aryl methyl sites for hydroxylation is 1. The van der Waals surface area contributed by atoms with Crippen molar-refractivity contribution in [1.82, 2.24) is 0 Å². The number of nitrogens with one attached hydrogen (secondary N) is 1. The molecule has 8 heteroatoms. The Morgan fingerprint density at radius 1 is 0.941 bits per heavy atom. The summed E-state index contributed by atoms with van der Waals surface area (Å²) in [5.41, 5.74) is 2.85. The van der Waals surface area contributed by atoms with Crippen molar-refractivity contribution in [2.45, 2.75) is 26.7 Å². The molecule has 0 bridgehead atoms. The third-order valence-electron chi connectivity index (χ3n) is 5.09. The molecule has 1 N–H and O–H groups in total. The second kappa shape index (κ2) is 12.1.